The van der Waals surface area contributed by atoms with Gasteiger partial charge in [0.25, 0.3) is 0 Å². The number of ether oxygens (including phenoxy) is 2. The molecule has 0 unspecified atom stereocenters. The second-order valence-electron chi connectivity index (χ2n) is 5.26. The fraction of sp³-hybridized carbons (Fsp3) is 0.500. The van der Waals surface area contributed by atoms with E-state index < -0.39 is 0 Å². The van der Waals surface area contributed by atoms with Crippen molar-refractivity contribution in [2.45, 2.75) is 19.4 Å². The first-order valence-corrected chi connectivity index (χ1v) is 7.11. The molecule has 0 N–H and O–H groups in total. The average Bonchev–Trinajstić information content (AvgIpc) is 2.55. The van der Waals surface area contributed by atoms with Crippen LogP contribution >= 0.6 is 0 Å². The van der Waals surface area contributed by atoms with Crippen molar-refractivity contribution in [3.05, 3.63) is 35.4 Å². The zero-order chi connectivity index (χ0) is 15.2. The van der Waals surface area contributed by atoms with Crippen molar-refractivity contribution < 1.29 is 19.1 Å². The van der Waals surface area contributed by atoms with Crippen LogP contribution in [0.15, 0.2) is 24.3 Å². The molecule has 5 nitrogen and oxygen atoms in total. The maximum absolute atomic E-state index is 11.5. The summed E-state index contributed by atoms with van der Waals surface area (Å²) >= 11 is 0. The van der Waals surface area contributed by atoms with Gasteiger partial charge in [-0.25, -0.2) is 4.79 Å². The van der Waals surface area contributed by atoms with Gasteiger partial charge in [0.05, 0.1) is 25.7 Å². The van der Waals surface area contributed by atoms with Crippen LogP contribution in [-0.4, -0.2) is 44.1 Å². The zero-order valence-electron chi connectivity index (χ0n) is 12.5. The molecular formula is C16H21NO4. The van der Waals surface area contributed by atoms with Crippen LogP contribution in [-0.2, 0) is 20.8 Å². The fourth-order valence-corrected chi connectivity index (χ4v) is 2.62. The van der Waals surface area contributed by atoms with E-state index in [-0.39, 0.29) is 17.9 Å². The molecule has 114 valence electrons. The summed E-state index contributed by atoms with van der Waals surface area (Å²) in [4.78, 5) is 25.2. The van der Waals surface area contributed by atoms with Crippen molar-refractivity contribution in [1.29, 1.82) is 0 Å². The molecule has 1 saturated heterocycles. The fourth-order valence-electron chi connectivity index (χ4n) is 2.62. The monoisotopic (exact) mass is 291 g/mol. The minimum absolute atomic E-state index is 0.0351. The second kappa shape index (κ2) is 7.22. The molecule has 5 heteroatoms. The Hall–Kier alpha value is -1.88. The van der Waals surface area contributed by atoms with Crippen LogP contribution in [0, 0.1) is 5.92 Å². The SMILES string of the molecule is COC(=O)c1ccc(CN2CCC(C(=O)OC)CC2)cc1. The number of methoxy groups -OCH3 is 2. The maximum atomic E-state index is 11.5. The van der Waals surface area contributed by atoms with E-state index in [2.05, 4.69) is 9.64 Å². The lowest BCUT2D eigenvalue weighted by Crippen LogP contribution is -2.36. The predicted octanol–water partition coefficient (Wildman–Crippen LogP) is 1.86. The first kappa shape index (κ1) is 15.5. The first-order valence-electron chi connectivity index (χ1n) is 7.11. The Bertz CT molecular complexity index is 490. The van der Waals surface area contributed by atoms with Crippen LogP contribution in [0.25, 0.3) is 0 Å². The molecule has 0 spiro atoms. The van der Waals surface area contributed by atoms with Gasteiger partial charge in [0.2, 0.25) is 0 Å². The normalized spacial score (nSPS) is 16.5. The highest BCUT2D eigenvalue weighted by molar-refractivity contribution is 5.89. The Morgan fingerprint density at radius 2 is 1.71 bits per heavy atom. The van der Waals surface area contributed by atoms with Gasteiger partial charge in [-0.15, -0.1) is 0 Å². The van der Waals surface area contributed by atoms with E-state index in [1.165, 1.54) is 14.2 Å². The third-order valence-corrected chi connectivity index (χ3v) is 3.90. The molecule has 2 rings (SSSR count). The van der Waals surface area contributed by atoms with E-state index in [0.717, 1.165) is 38.0 Å². The first-order chi connectivity index (χ1) is 10.1. The zero-order valence-corrected chi connectivity index (χ0v) is 12.5. The van der Waals surface area contributed by atoms with E-state index in [4.69, 9.17) is 4.74 Å². The molecule has 0 radical (unpaired) electrons. The van der Waals surface area contributed by atoms with E-state index in [1.807, 2.05) is 12.1 Å². The van der Waals surface area contributed by atoms with Crippen LogP contribution < -0.4 is 0 Å². The Labute approximate surface area is 124 Å². The van der Waals surface area contributed by atoms with Crippen molar-refractivity contribution in [1.82, 2.24) is 4.90 Å². The number of esters is 2. The molecule has 0 saturated carbocycles. The van der Waals surface area contributed by atoms with Gasteiger partial charge in [-0.1, -0.05) is 12.1 Å². The molecule has 1 fully saturated rings. The third-order valence-electron chi connectivity index (χ3n) is 3.90. The van der Waals surface area contributed by atoms with Gasteiger partial charge >= 0.3 is 11.9 Å². The van der Waals surface area contributed by atoms with Crippen molar-refractivity contribution in [3.8, 4) is 0 Å². The molecular weight excluding hydrogens is 270 g/mol. The van der Waals surface area contributed by atoms with Crippen molar-refractivity contribution in [2.75, 3.05) is 27.3 Å². The molecule has 1 aliphatic heterocycles. The van der Waals surface area contributed by atoms with Gasteiger partial charge in [0, 0.05) is 6.54 Å². The Balaban J connectivity index is 1.86. The van der Waals surface area contributed by atoms with Crippen LogP contribution in [0.1, 0.15) is 28.8 Å². The van der Waals surface area contributed by atoms with E-state index >= 15 is 0 Å². The standard InChI is InChI=1S/C16H21NO4/c1-20-15(18)13-5-3-12(4-6-13)11-17-9-7-14(8-10-17)16(19)21-2/h3-6,14H,7-11H2,1-2H3. The lowest BCUT2D eigenvalue weighted by Gasteiger charge is -2.30. The van der Waals surface area contributed by atoms with E-state index in [0.29, 0.717) is 5.56 Å². The summed E-state index contributed by atoms with van der Waals surface area (Å²) in [5, 5.41) is 0. The van der Waals surface area contributed by atoms with Crippen LogP contribution in [0.5, 0.6) is 0 Å². The minimum Gasteiger partial charge on any atom is -0.469 e. The number of rotatable bonds is 4. The molecule has 0 amide bonds. The van der Waals surface area contributed by atoms with Crippen molar-refractivity contribution >= 4 is 11.9 Å². The van der Waals surface area contributed by atoms with Crippen LogP contribution in [0.3, 0.4) is 0 Å². The summed E-state index contributed by atoms with van der Waals surface area (Å²) in [7, 11) is 2.82. The third kappa shape index (κ3) is 4.04. The molecule has 0 bridgehead atoms. The number of piperidine rings is 1. The summed E-state index contributed by atoms with van der Waals surface area (Å²) in [5.41, 5.74) is 1.71. The molecule has 1 aromatic carbocycles. The number of likely N-dealkylation sites (tertiary alicyclic amines) is 1. The molecule has 1 aliphatic rings. The van der Waals surface area contributed by atoms with Gasteiger partial charge in [0.1, 0.15) is 0 Å². The second-order valence-corrected chi connectivity index (χ2v) is 5.26. The topological polar surface area (TPSA) is 55.8 Å². The van der Waals surface area contributed by atoms with Crippen molar-refractivity contribution in [3.63, 3.8) is 0 Å². The Morgan fingerprint density at radius 3 is 2.24 bits per heavy atom. The number of hydrogen-bond acceptors (Lipinski definition) is 5. The van der Waals surface area contributed by atoms with E-state index in [1.54, 1.807) is 12.1 Å². The highest BCUT2D eigenvalue weighted by atomic mass is 16.5. The number of hydrogen-bond donors (Lipinski definition) is 0. The maximum Gasteiger partial charge on any atom is 0.337 e. The summed E-state index contributed by atoms with van der Waals surface area (Å²) < 4.78 is 9.47. The molecule has 0 atom stereocenters. The van der Waals surface area contributed by atoms with Gasteiger partial charge in [-0.3, -0.25) is 9.69 Å². The minimum atomic E-state index is -0.319. The van der Waals surface area contributed by atoms with Gasteiger partial charge in [-0.05, 0) is 43.6 Å². The molecule has 0 aliphatic carbocycles. The Morgan fingerprint density at radius 1 is 1.10 bits per heavy atom. The molecule has 0 aromatic heterocycles. The van der Waals surface area contributed by atoms with Gasteiger partial charge in [-0.2, -0.15) is 0 Å². The number of carbonyl (C=O) groups excluding carboxylic acids is 2. The van der Waals surface area contributed by atoms with Crippen LogP contribution in [0.2, 0.25) is 0 Å². The quantitative estimate of drug-likeness (QED) is 0.793. The number of carbonyl (C=O) groups is 2. The predicted molar refractivity (Wildman–Crippen MR) is 77.8 cm³/mol. The summed E-state index contributed by atoms with van der Waals surface area (Å²) in [6.45, 7) is 2.60. The van der Waals surface area contributed by atoms with Crippen LogP contribution in [0.4, 0.5) is 0 Å². The molecule has 1 aromatic rings. The summed E-state index contributed by atoms with van der Waals surface area (Å²) in [5.74, 6) is -0.384. The lowest BCUT2D eigenvalue weighted by atomic mass is 9.96. The largest absolute Gasteiger partial charge is 0.469 e. The number of benzene rings is 1. The van der Waals surface area contributed by atoms with Crippen molar-refractivity contribution in [2.24, 2.45) is 5.92 Å². The van der Waals surface area contributed by atoms with Gasteiger partial charge in [0.15, 0.2) is 0 Å². The Kier molecular flexibility index (Phi) is 5.33. The van der Waals surface area contributed by atoms with E-state index in [9.17, 15) is 9.59 Å². The molecule has 21 heavy (non-hydrogen) atoms. The lowest BCUT2D eigenvalue weighted by molar-refractivity contribution is -0.147. The highest BCUT2D eigenvalue weighted by Crippen LogP contribution is 2.20. The summed E-state index contributed by atoms with van der Waals surface area (Å²) in [6.07, 6.45) is 1.68. The molecule has 1 heterocycles. The smallest absolute Gasteiger partial charge is 0.337 e. The number of nitrogens with zero attached hydrogens (tertiary/aromatic N) is 1. The highest BCUT2D eigenvalue weighted by Gasteiger charge is 2.25. The average molecular weight is 291 g/mol. The summed E-state index contributed by atoms with van der Waals surface area (Å²) in [6, 6.07) is 7.45. The van der Waals surface area contributed by atoms with Gasteiger partial charge < -0.3 is 9.47 Å².